The minimum Gasteiger partial charge on any atom is -0.462 e. The van der Waals surface area contributed by atoms with E-state index in [1.165, 1.54) is 167 Å². The Bertz CT molecular complexity index is 1230. The van der Waals surface area contributed by atoms with E-state index in [2.05, 4.69) is 81.5 Å². The minimum absolute atomic E-state index is 0.0703. The molecule has 0 aromatic rings. The molecule has 0 bridgehead atoms. The molecule has 0 spiro atoms. The Morgan fingerprint density at radius 1 is 0.309 bits per heavy atom. The molecule has 0 aliphatic carbocycles. The molecular weight excluding hydrogens is 841 g/mol. The maximum Gasteiger partial charge on any atom is 0.306 e. The van der Waals surface area contributed by atoms with Crippen LogP contribution in [0.25, 0.3) is 0 Å². The first kappa shape index (κ1) is 65.1. The van der Waals surface area contributed by atoms with Crippen LogP contribution in [0.3, 0.4) is 0 Å². The first-order valence-corrected chi connectivity index (χ1v) is 29.3. The number of unbranched alkanes of at least 4 members (excludes halogenated alkanes) is 32. The van der Waals surface area contributed by atoms with E-state index in [1.54, 1.807) is 0 Å². The van der Waals surface area contributed by atoms with Crippen molar-refractivity contribution < 1.29 is 28.6 Å². The van der Waals surface area contributed by atoms with Gasteiger partial charge in [-0.15, -0.1) is 0 Å². The van der Waals surface area contributed by atoms with Crippen molar-refractivity contribution in [3.63, 3.8) is 0 Å². The predicted octanol–water partition coefficient (Wildman–Crippen LogP) is 19.6. The molecule has 1 unspecified atom stereocenters. The molecule has 6 nitrogen and oxygen atoms in total. The molecule has 0 radical (unpaired) electrons. The van der Waals surface area contributed by atoms with Gasteiger partial charge in [0.15, 0.2) is 6.10 Å². The number of allylic oxidation sites excluding steroid dienone is 10. The van der Waals surface area contributed by atoms with E-state index < -0.39 is 6.10 Å². The number of ether oxygens (including phenoxy) is 3. The Balaban J connectivity index is 4.17. The third-order valence-electron chi connectivity index (χ3n) is 12.8. The van der Waals surface area contributed by atoms with Gasteiger partial charge in [-0.25, -0.2) is 0 Å². The first-order valence-electron chi connectivity index (χ1n) is 29.3. The van der Waals surface area contributed by atoms with Gasteiger partial charge in [-0.1, -0.05) is 274 Å². The summed E-state index contributed by atoms with van der Waals surface area (Å²) in [5.74, 6) is -0.863. The second-order valence-corrected chi connectivity index (χ2v) is 19.5. The largest absolute Gasteiger partial charge is 0.462 e. The molecule has 6 heteroatoms. The van der Waals surface area contributed by atoms with Crippen LogP contribution < -0.4 is 0 Å². The molecule has 0 aromatic heterocycles. The summed E-state index contributed by atoms with van der Waals surface area (Å²) in [6.45, 7) is 6.53. The molecule has 0 aliphatic rings. The van der Waals surface area contributed by atoms with Crippen molar-refractivity contribution in [1.29, 1.82) is 0 Å². The van der Waals surface area contributed by atoms with Gasteiger partial charge >= 0.3 is 17.9 Å². The highest BCUT2D eigenvalue weighted by Crippen LogP contribution is 2.16. The van der Waals surface area contributed by atoms with E-state index >= 15 is 0 Å². The van der Waals surface area contributed by atoms with Crippen molar-refractivity contribution >= 4 is 17.9 Å². The monoisotopic (exact) mass is 951 g/mol. The quantitative estimate of drug-likeness (QED) is 0.0262. The van der Waals surface area contributed by atoms with Crippen LogP contribution in [0, 0.1) is 0 Å². The molecule has 0 N–H and O–H groups in total. The summed E-state index contributed by atoms with van der Waals surface area (Å²) in [4.78, 5) is 38.0. The maximum absolute atomic E-state index is 12.8. The fourth-order valence-corrected chi connectivity index (χ4v) is 8.41. The Kier molecular flexibility index (Phi) is 54.3. The average molecular weight is 952 g/mol. The van der Waals surface area contributed by atoms with E-state index in [0.29, 0.717) is 19.3 Å². The molecular formula is C62H110O6. The van der Waals surface area contributed by atoms with Crippen LogP contribution >= 0.6 is 0 Å². The van der Waals surface area contributed by atoms with Crippen LogP contribution in [0.2, 0.25) is 0 Å². The number of hydrogen-bond acceptors (Lipinski definition) is 6. The Hall–Kier alpha value is -2.89. The third kappa shape index (κ3) is 54.1. The fraction of sp³-hybridized carbons (Fsp3) is 0.790. The van der Waals surface area contributed by atoms with Gasteiger partial charge in [0.2, 0.25) is 0 Å². The molecule has 68 heavy (non-hydrogen) atoms. The van der Waals surface area contributed by atoms with Gasteiger partial charge in [0.25, 0.3) is 0 Å². The SMILES string of the molecule is CC/C=C\C/C=C\C/C=C\C/C=C\C/C=C\CCCCCCCCCCCCCC(=O)OCC(COC(=O)CCCCCCCCCCC)OC(=O)CCCCCCCCCCCCCCCC. The molecule has 0 heterocycles. The van der Waals surface area contributed by atoms with E-state index in [0.717, 1.165) is 89.9 Å². The van der Waals surface area contributed by atoms with Crippen LogP contribution in [0.15, 0.2) is 60.8 Å². The molecule has 0 rings (SSSR count). The van der Waals surface area contributed by atoms with Crippen LogP contribution in [0.5, 0.6) is 0 Å². The Labute approximate surface area is 421 Å². The van der Waals surface area contributed by atoms with Crippen molar-refractivity contribution in [3.05, 3.63) is 60.8 Å². The number of carbonyl (C=O) groups excluding carboxylic acids is 3. The van der Waals surface area contributed by atoms with Gasteiger partial charge < -0.3 is 14.2 Å². The smallest absolute Gasteiger partial charge is 0.306 e. The summed E-state index contributed by atoms with van der Waals surface area (Å²) >= 11 is 0. The number of rotatable bonds is 53. The maximum atomic E-state index is 12.8. The predicted molar refractivity (Wildman–Crippen MR) is 293 cm³/mol. The van der Waals surface area contributed by atoms with E-state index in [4.69, 9.17) is 14.2 Å². The average Bonchev–Trinajstić information content (AvgIpc) is 3.34. The van der Waals surface area contributed by atoms with Gasteiger partial charge in [-0.2, -0.15) is 0 Å². The molecule has 0 fully saturated rings. The highest BCUT2D eigenvalue weighted by Gasteiger charge is 2.19. The van der Waals surface area contributed by atoms with Crippen LogP contribution in [-0.2, 0) is 28.6 Å². The molecule has 1 atom stereocenters. The third-order valence-corrected chi connectivity index (χ3v) is 12.8. The highest BCUT2D eigenvalue weighted by molar-refractivity contribution is 5.71. The molecule has 0 aliphatic heterocycles. The van der Waals surface area contributed by atoms with Crippen molar-refractivity contribution in [3.8, 4) is 0 Å². The summed E-state index contributed by atoms with van der Waals surface area (Å²) in [6.07, 6.45) is 70.8. The van der Waals surface area contributed by atoms with Crippen molar-refractivity contribution in [1.82, 2.24) is 0 Å². The van der Waals surface area contributed by atoms with Crippen LogP contribution in [0.1, 0.15) is 297 Å². The van der Waals surface area contributed by atoms with Gasteiger partial charge in [-0.05, 0) is 64.2 Å². The molecule has 0 amide bonds. The lowest BCUT2D eigenvalue weighted by atomic mass is 10.0. The second kappa shape index (κ2) is 56.7. The summed E-state index contributed by atoms with van der Waals surface area (Å²) < 4.78 is 16.8. The van der Waals surface area contributed by atoms with Gasteiger partial charge in [0.05, 0.1) is 0 Å². The van der Waals surface area contributed by atoms with Crippen LogP contribution in [0.4, 0.5) is 0 Å². The summed E-state index contributed by atoms with van der Waals surface area (Å²) in [7, 11) is 0. The van der Waals surface area contributed by atoms with E-state index in [-0.39, 0.29) is 31.1 Å². The number of carbonyl (C=O) groups is 3. The van der Waals surface area contributed by atoms with E-state index in [9.17, 15) is 14.4 Å². The van der Waals surface area contributed by atoms with Gasteiger partial charge in [0, 0.05) is 19.3 Å². The van der Waals surface area contributed by atoms with Gasteiger partial charge in [-0.3, -0.25) is 14.4 Å². The molecule has 394 valence electrons. The van der Waals surface area contributed by atoms with Gasteiger partial charge in [0.1, 0.15) is 13.2 Å². The van der Waals surface area contributed by atoms with Crippen molar-refractivity contribution in [2.45, 2.75) is 303 Å². The lowest BCUT2D eigenvalue weighted by Crippen LogP contribution is -2.30. The van der Waals surface area contributed by atoms with E-state index in [1.807, 2.05) is 0 Å². The molecule has 0 aromatic carbocycles. The normalized spacial score (nSPS) is 12.5. The zero-order chi connectivity index (χ0) is 49.3. The second-order valence-electron chi connectivity index (χ2n) is 19.5. The van der Waals surface area contributed by atoms with Crippen molar-refractivity contribution in [2.24, 2.45) is 0 Å². The standard InChI is InChI=1S/C62H110O6/c1-4-7-10-13-16-19-21-23-25-26-27-28-29-30-31-32-33-34-35-36-37-39-40-43-46-49-52-55-61(64)67-58-59(57-66-60(63)54-51-48-45-42-18-15-12-9-6-3)68-62(65)56-53-50-47-44-41-38-24-22-20-17-14-11-8-5-2/h7,10,16,19,23,25,27-28,30-31,59H,4-6,8-9,11-15,17-18,20-22,24,26,29,32-58H2,1-3H3/b10-7-,19-16-,25-23-,28-27-,31-30-. The fourth-order valence-electron chi connectivity index (χ4n) is 8.41. The lowest BCUT2D eigenvalue weighted by molar-refractivity contribution is -0.167. The molecule has 0 saturated carbocycles. The summed E-state index contributed by atoms with van der Waals surface area (Å²) in [5, 5.41) is 0. The lowest BCUT2D eigenvalue weighted by Gasteiger charge is -2.18. The number of hydrogen-bond donors (Lipinski definition) is 0. The number of esters is 3. The Morgan fingerprint density at radius 3 is 0.897 bits per heavy atom. The van der Waals surface area contributed by atoms with Crippen molar-refractivity contribution in [2.75, 3.05) is 13.2 Å². The summed E-state index contributed by atoms with van der Waals surface area (Å²) in [5.41, 5.74) is 0. The van der Waals surface area contributed by atoms with Crippen LogP contribution in [-0.4, -0.2) is 37.2 Å². The Morgan fingerprint density at radius 2 is 0.574 bits per heavy atom. The minimum atomic E-state index is -0.769. The zero-order valence-corrected chi connectivity index (χ0v) is 45.1. The summed E-state index contributed by atoms with van der Waals surface area (Å²) in [6, 6.07) is 0. The highest BCUT2D eigenvalue weighted by atomic mass is 16.6. The zero-order valence-electron chi connectivity index (χ0n) is 45.1. The first-order chi connectivity index (χ1) is 33.5. The molecule has 0 saturated heterocycles. The topological polar surface area (TPSA) is 78.9 Å².